The van der Waals surface area contributed by atoms with Gasteiger partial charge in [-0.2, -0.15) is 0 Å². The fourth-order valence-corrected chi connectivity index (χ4v) is 2.32. The Kier molecular flexibility index (Phi) is 5.64. The third-order valence-corrected chi connectivity index (χ3v) is 3.53. The second kappa shape index (κ2) is 7.69. The Hall–Kier alpha value is -2.74. The molecule has 2 rings (SSSR count). The van der Waals surface area contributed by atoms with Gasteiger partial charge in [-0.15, -0.1) is 0 Å². The summed E-state index contributed by atoms with van der Waals surface area (Å²) < 4.78 is 15.2. The summed E-state index contributed by atoms with van der Waals surface area (Å²) in [7, 11) is 4.47. The van der Waals surface area contributed by atoms with Crippen molar-refractivity contribution in [3.63, 3.8) is 0 Å². The second-order valence-corrected chi connectivity index (χ2v) is 5.03. The fourth-order valence-electron chi connectivity index (χ4n) is 2.32. The Morgan fingerprint density at radius 1 is 1.21 bits per heavy atom. The number of carbonyl (C=O) groups excluding carboxylic acids is 1. The van der Waals surface area contributed by atoms with Crippen LogP contribution in [0.4, 0.5) is 0 Å². The van der Waals surface area contributed by atoms with Crippen molar-refractivity contribution in [1.29, 1.82) is 0 Å². The van der Waals surface area contributed by atoms with Crippen LogP contribution in [0.15, 0.2) is 16.9 Å². The first-order valence-electron chi connectivity index (χ1n) is 7.31. The molecule has 130 valence electrons. The molecule has 3 N–H and O–H groups in total. The summed E-state index contributed by atoms with van der Waals surface area (Å²) in [5.41, 5.74) is -0.685. The van der Waals surface area contributed by atoms with Gasteiger partial charge in [0, 0.05) is 31.7 Å². The van der Waals surface area contributed by atoms with E-state index in [4.69, 9.17) is 14.2 Å². The lowest BCUT2D eigenvalue weighted by Crippen LogP contribution is -2.30. The molecule has 0 saturated carbocycles. The van der Waals surface area contributed by atoms with Gasteiger partial charge in [0.25, 0.3) is 11.5 Å². The van der Waals surface area contributed by atoms with E-state index in [9.17, 15) is 14.7 Å². The molecule has 1 aromatic heterocycles. The van der Waals surface area contributed by atoms with Crippen LogP contribution in [0.2, 0.25) is 0 Å². The molecule has 0 aliphatic heterocycles. The fraction of sp³-hybridized carbons (Fsp3) is 0.375. The number of methoxy groups -OCH3 is 3. The molecule has 1 aromatic carbocycles. The topological polar surface area (TPSA) is 110 Å². The Bertz CT molecular complexity index is 799. The molecule has 0 aliphatic rings. The normalized spacial score (nSPS) is 10.6. The lowest BCUT2D eigenvalue weighted by atomic mass is 10.1. The van der Waals surface area contributed by atoms with Crippen LogP contribution >= 0.6 is 0 Å². The summed E-state index contributed by atoms with van der Waals surface area (Å²) in [5, 5.41) is 13.2. The molecule has 0 radical (unpaired) electrons. The maximum Gasteiger partial charge on any atom is 0.265 e. The maximum atomic E-state index is 12.2. The highest BCUT2D eigenvalue weighted by molar-refractivity contribution is 6.02. The van der Waals surface area contributed by atoms with Gasteiger partial charge >= 0.3 is 0 Å². The SMILES string of the molecule is COCCCNC(=O)c1c(O)c2cc(OC)c(OC)cc2[nH]c1=O. The molecule has 0 fully saturated rings. The van der Waals surface area contributed by atoms with Gasteiger partial charge in [0.1, 0.15) is 11.3 Å². The number of rotatable bonds is 7. The van der Waals surface area contributed by atoms with Gasteiger partial charge in [0.2, 0.25) is 0 Å². The molecule has 0 bridgehead atoms. The highest BCUT2D eigenvalue weighted by Crippen LogP contribution is 2.35. The van der Waals surface area contributed by atoms with E-state index < -0.39 is 17.2 Å². The number of ether oxygens (including phenoxy) is 3. The first kappa shape index (κ1) is 17.6. The average Bonchev–Trinajstić information content (AvgIpc) is 2.57. The predicted octanol–water partition coefficient (Wildman–Crippen LogP) is 1.02. The minimum atomic E-state index is -0.684. The lowest BCUT2D eigenvalue weighted by molar-refractivity contribution is 0.0944. The molecule has 8 nitrogen and oxygen atoms in total. The van der Waals surface area contributed by atoms with E-state index in [1.54, 1.807) is 7.11 Å². The Balaban J connectivity index is 2.44. The smallest absolute Gasteiger partial charge is 0.265 e. The van der Waals surface area contributed by atoms with Gasteiger partial charge in [0.15, 0.2) is 11.5 Å². The van der Waals surface area contributed by atoms with Crippen LogP contribution in [-0.4, -0.2) is 50.5 Å². The van der Waals surface area contributed by atoms with Crippen LogP contribution in [0.3, 0.4) is 0 Å². The molecule has 1 heterocycles. The van der Waals surface area contributed by atoms with Crippen molar-refractivity contribution in [1.82, 2.24) is 10.3 Å². The standard InChI is InChI=1S/C16H20N2O6/c1-22-6-4-5-17-15(20)13-14(19)9-7-11(23-2)12(24-3)8-10(9)18-16(13)21/h7-8H,4-6H2,1-3H3,(H,17,20)(H2,18,19,21). The largest absolute Gasteiger partial charge is 0.506 e. The second-order valence-electron chi connectivity index (χ2n) is 5.03. The lowest BCUT2D eigenvalue weighted by Gasteiger charge is -2.12. The van der Waals surface area contributed by atoms with Crippen LogP contribution in [0, 0.1) is 0 Å². The first-order valence-corrected chi connectivity index (χ1v) is 7.31. The van der Waals surface area contributed by atoms with E-state index in [1.807, 2.05) is 0 Å². The van der Waals surface area contributed by atoms with E-state index in [-0.39, 0.29) is 10.9 Å². The van der Waals surface area contributed by atoms with E-state index >= 15 is 0 Å². The zero-order chi connectivity index (χ0) is 17.7. The molecule has 0 aliphatic carbocycles. The van der Waals surface area contributed by atoms with Crippen molar-refractivity contribution in [2.75, 3.05) is 34.5 Å². The van der Waals surface area contributed by atoms with Crippen LogP contribution in [-0.2, 0) is 4.74 Å². The number of carbonyl (C=O) groups is 1. The molecule has 24 heavy (non-hydrogen) atoms. The number of nitrogens with one attached hydrogen (secondary N) is 2. The van der Waals surface area contributed by atoms with Crippen molar-refractivity contribution in [2.24, 2.45) is 0 Å². The molecule has 0 saturated heterocycles. The number of amides is 1. The number of aromatic amines is 1. The molecule has 1 amide bonds. The first-order chi connectivity index (χ1) is 11.5. The molecule has 0 atom stereocenters. The Morgan fingerprint density at radius 2 is 1.88 bits per heavy atom. The summed E-state index contributed by atoms with van der Waals surface area (Å²) in [4.78, 5) is 26.9. The molecule has 0 spiro atoms. The van der Waals surface area contributed by atoms with E-state index in [0.29, 0.717) is 36.6 Å². The van der Waals surface area contributed by atoms with Gasteiger partial charge in [-0.3, -0.25) is 9.59 Å². The average molecular weight is 336 g/mol. The molecule has 0 unspecified atom stereocenters. The van der Waals surface area contributed by atoms with Crippen LogP contribution in [0.1, 0.15) is 16.8 Å². The summed E-state index contributed by atoms with van der Waals surface area (Å²) in [5.74, 6) is -0.281. The number of hydrogen-bond donors (Lipinski definition) is 3. The Labute approximate surface area is 138 Å². The number of pyridine rings is 1. The highest BCUT2D eigenvalue weighted by atomic mass is 16.5. The van der Waals surface area contributed by atoms with Crippen molar-refractivity contribution in [2.45, 2.75) is 6.42 Å². The predicted molar refractivity (Wildman–Crippen MR) is 88.2 cm³/mol. The third kappa shape index (κ3) is 3.43. The Morgan fingerprint density at radius 3 is 2.50 bits per heavy atom. The molecule has 8 heteroatoms. The molecule has 2 aromatic rings. The minimum Gasteiger partial charge on any atom is -0.506 e. The number of H-pyrrole nitrogens is 1. The quantitative estimate of drug-likeness (QED) is 0.651. The van der Waals surface area contributed by atoms with Gasteiger partial charge < -0.3 is 29.6 Å². The number of hydrogen-bond acceptors (Lipinski definition) is 6. The zero-order valence-electron chi connectivity index (χ0n) is 13.8. The van der Waals surface area contributed by atoms with Crippen molar-refractivity contribution in [3.8, 4) is 17.2 Å². The summed E-state index contributed by atoms with van der Waals surface area (Å²) >= 11 is 0. The number of aromatic hydroxyl groups is 1. The van der Waals surface area contributed by atoms with Crippen LogP contribution in [0.25, 0.3) is 10.9 Å². The van der Waals surface area contributed by atoms with Gasteiger partial charge in [-0.25, -0.2) is 0 Å². The van der Waals surface area contributed by atoms with Gasteiger partial charge in [-0.05, 0) is 12.5 Å². The van der Waals surface area contributed by atoms with Crippen molar-refractivity contribution in [3.05, 3.63) is 28.0 Å². The summed E-state index contributed by atoms with van der Waals surface area (Å²) in [6, 6.07) is 3.02. The summed E-state index contributed by atoms with van der Waals surface area (Å²) in [6.45, 7) is 0.812. The monoisotopic (exact) mass is 336 g/mol. The highest BCUT2D eigenvalue weighted by Gasteiger charge is 2.20. The molecular formula is C16H20N2O6. The van der Waals surface area contributed by atoms with Gasteiger partial charge in [-0.1, -0.05) is 0 Å². The number of fused-ring (bicyclic) bond motifs is 1. The van der Waals surface area contributed by atoms with Crippen LogP contribution < -0.4 is 20.3 Å². The van der Waals surface area contributed by atoms with E-state index in [2.05, 4.69) is 10.3 Å². The molecular weight excluding hydrogens is 316 g/mol. The maximum absolute atomic E-state index is 12.2. The van der Waals surface area contributed by atoms with Gasteiger partial charge in [0.05, 0.1) is 19.7 Å². The number of aromatic nitrogens is 1. The van der Waals surface area contributed by atoms with E-state index in [0.717, 1.165) is 0 Å². The zero-order valence-corrected chi connectivity index (χ0v) is 13.8. The van der Waals surface area contributed by atoms with Crippen molar-refractivity contribution >= 4 is 16.8 Å². The third-order valence-electron chi connectivity index (χ3n) is 3.53. The van der Waals surface area contributed by atoms with Crippen LogP contribution in [0.5, 0.6) is 17.2 Å². The van der Waals surface area contributed by atoms with E-state index in [1.165, 1.54) is 26.4 Å². The van der Waals surface area contributed by atoms with Crippen molar-refractivity contribution < 1.29 is 24.1 Å². The number of benzene rings is 1. The minimum absolute atomic E-state index is 0.286. The summed E-state index contributed by atoms with van der Waals surface area (Å²) in [6.07, 6.45) is 0.597.